The van der Waals surface area contributed by atoms with E-state index in [9.17, 15) is 18.0 Å². The van der Waals surface area contributed by atoms with Gasteiger partial charge in [-0.05, 0) is 78.6 Å². The van der Waals surface area contributed by atoms with Crippen LogP contribution in [-0.4, -0.2) is 43.8 Å². The predicted octanol–water partition coefficient (Wildman–Crippen LogP) is 7.54. The summed E-state index contributed by atoms with van der Waals surface area (Å²) in [5.41, 5.74) is 1.76. The largest absolute Gasteiger partial charge is 0.352 e. The van der Waals surface area contributed by atoms with Crippen molar-refractivity contribution >= 4 is 62.3 Å². The van der Waals surface area contributed by atoms with Crippen molar-refractivity contribution in [2.45, 2.75) is 55.6 Å². The van der Waals surface area contributed by atoms with E-state index in [0.717, 1.165) is 35.6 Å². The first kappa shape index (κ1) is 33.8. The molecule has 0 bridgehead atoms. The molecule has 5 rings (SSSR count). The molecule has 0 heterocycles. The number of benzene rings is 4. The molecule has 4 aromatic carbocycles. The van der Waals surface area contributed by atoms with Crippen LogP contribution in [0.3, 0.4) is 0 Å². The molecule has 0 aromatic heterocycles. The number of rotatable bonds is 12. The summed E-state index contributed by atoms with van der Waals surface area (Å²) in [5, 5.41) is 4.31. The third kappa shape index (κ3) is 8.62. The van der Waals surface area contributed by atoms with Crippen molar-refractivity contribution < 1.29 is 18.0 Å². The fraction of sp³-hybridized carbons (Fsp3) is 0.257. The molecular weight excluding hydrogens is 665 g/mol. The minimum atomic E-state index is -4.27. The Bertz CT molecular complexity index is 1770. The molecule has 1 aliphatic rings. The van der Waals surface area contributed by atoms with E-state index in [0.29, 0.717) is 20.6 Å². The van der Waals surface area contributed by atoms with Crippen LogP contribution in [0.4, 0.5) is 5.69 Å². The normalized spacial score (nSPS) is 14.1. The van der Waals surface area contributed by atoms with Gasteiger partial charge in [0.2, 0.25) is 11.8 Å². The highest BCUT2D eigenvalue weighted by Gasteiger charge is 2.35. The van der Waals surface area contributed by atoms with E-state index in [1.165, 1.54) is 35.2 Å². The molecule has 1 N–H and O–H groups in total. The Kier molecular flexibility index (Phi) is 11.3. The first-order chi connectivity index (χ1) is 22.1. The second kappa shape index (κ2) is 15.4. The molecule has 1 fully saturated rings. The molecule has 1 atom stereocenters. The average molecular weight is 699 g/mol. The summed E-state index contributed by atoms with van der Waals surface area (Å²) in [5.74, 6) is -0.860. The molecule has 2 amide bonds. The van der Waals surface area contributed by atoms with Crippen molar-refractivity contribution in [3.63, 3.8) is 0 Å². The van der Waals surface area contributed by atoms with Gasteiger partial charge < -0.3 is 10.2 Å². The predicted molar refractivity (Wildman–Crippen MR) is 184 cm³/mol. The highest BCUT2D eigenvalue weighted by Crippen LogP contribution is 2.28. The number of sulfonamides is 1. The van der Waals surface area contributed by atoms with Crippen LogP contribution < -0.4 is 9.62 Å². The highest BCUT2D eigenvalue weighted by atomic mass is 35.5. The Hall–Kier alpha value is -3.56. The molecule has 0 radical (unpaired) electrons. The average Bonchev–Trinajstić information content (AvgIpc) is 3.55. The van der Waals surface area contributed by atoms with Crippen molar-refractivity contribution in [3.05, 3.63) is 129 Å². The van der Waals surface area contributed by atoms with Crippen molar-refractivity contribution in [1.29, 1.82) is 0 Å². The lowest BCUT2D eigenvalue weighted by Crippen LogP contribution is -2.54. The number of carbonyl (C=O) groups is 2. The Morgan fingerprint density at radius 2 is 1.39 bits per heavy atom. The zero-order valence-electron chi connectivity index (χ0n) is 25.0. The zero-order valence-corrected chi connectivity index (χ0v) is 28.1. The molecule has 0 spiro atoms. The first-order valence-corrected chi connectivity index (χ1v) is 17.6. The number of amides is 2. The Morgan fingerprint density at radius 3 is 2.04 bits per heavy atom. The number of carbonyl (C=O) groups excluding carboxylic acids is 2. The lowest BCUT2D eigenvalue weighted by atomic mass is 10.0. The molecule has 1 aliphatic carbocycles. The molecule has 11 heteroatoms. The second-order valence-corrected chi connectivity index (χ2v) is 14.5. The third-order valence-corrected chi connectivity index (χ3v) is 10.5. The maximum atomic E-state index is 14.6. The SMILES string of the molecule is O=C(NC1CCCC1)[C@@H](Cc1ccccc1)N(Cc1cccc(Cl)c1)C(=O)CN(c1cccc(Cl)c1)S(=O)(=O)c1ccc(Cl)cc1. The van der Waals surface area contributed by atoms with Crippen molar-refractivity contribution in [3.8, 4) is 0 Å². The van der Waals surface area contributed by atoms with E-state index in [1.807, 2.05) is 36.4 Å². The zero-order chi connectivity index (χ0) is 32.7. The van der Waals surface area contributed by atoms with Crippen molar-refractivity contribution in [2.24, 2.45) is 0 Å². The highest BCUT2D eigenvalue weighted by molar-refractivity contribution is 7.92. The number of anilines is 1. The van der Waals surface area contributed by atoms with Gasteiger partial charge in [-0.25, -0.2) is 8.42 Å². The van der Waals surface area contributed by atoms with Gasteiger partial charge in [-0.1, -0.05) is 96.2 Å². The van der Waals surface area contributed by atoms with E-state index in [-0.39, 0.29) is 35.5 Å². The molecule has 0 saturated heterocycles. The van der Waals surface area contributed by atoms with E-state index >= 15 is 0 Å². The van der Waals surface area contributed by atoms with Crippen LogP contribution in [0.15, 0.2) is 108 Å². The smallest absolute Gasteiger partial charge is 0.264 e. The van der Waals surface area contributed by atoms with Crippen LogP contribution in [0.5, 0.6) is 0 Å². The lowest BCUT2D eigenvalue weighted by molar-refractivity contribution is -0.140. The lowest BCUT2D eigenvalue weighted by Gasteiger charge is -2.34. The van der Waals surface area contributed by atoms with Crippen LogP contribution >= 0.6 is 34.8 Å². The summed E-state index contributed by atoms with van der Waals surface area (Å²) < 4.78 is 29.2. The number of nitrogens with zero attached hydrogens (tertiary/aromatic N) is 2. The summed E-state index contributed by atoms with van der Waals surface area (Å²) in [4.78, 5) is 30.0. The number of nitrogens with one attached hydrogen (secondary N) is 1. The molecule has 7 nitrogen and oxygen atoms in total. The van der Waals surface area contributed by atoms with Gasteiger partial charge in [0.15, 0.2) is 0 Å². The minimum Gasteiger partial charge on any atom is -0.352 e. The minimum absolute atomic E-state index is 0.0159. The summed E-state index contributed by atoms with van der Waals surface area (Å²) >= 11 is 18.7. The first-order valence-electron chi connectivity index (χ1n) is 15.0. The Morgan fingerprint density at radius 1 is 0.761 bits per heavy atom. The number of halogens is 3. The second-order valence-electron chi connectivity index (χ2n) is 11.3. The van der Waals surface area contributed by atoms with E-state index in [1.54, 1.807) is 36.4 Å². The van der Waals surface area contributed by atoms with Gasteiger partial charge in [0.1, 0.15) is 12.6 Å². The fourth-order valence-electron chi connectivity index (χ4n) is 5.65. The Balaban J connectivity index is 1.57. The summed E-state index contributed by atoms with van der Waals surface area (Å²) in [6.45, 7) is -0.562. The molecule has 0 unspecified atom stereocenters. The monoisotopic (exact) mass is 697 g/mol. The van der Waals surface area contributed by atoms with Gasteiger partial charge >= 0.3 is 0 Å². The van der Waals surface area contributed by atoms with Crippen LogP contribution in [0.2, 0.25) is 15.1 Å². The molecule has 4 aromatic rings. The van der Waals surface area contributed by atoms with E-state index < -0.39 is 28.5 Å². The number of hydrogen-bond acceptors (Lipinski definition) is 4. The van der Waals surface area contributed by atoms with Gasteiger partial charge in [-0.15, -0.1) is 0 Å². The van der Waals surface area contributed by atoms with Gasteiger partial charge in [-0.3, -0.25) is 13.9 Å². The van der Waals surface area contributed by atoms with Crippen LogP contribution in [0.1, 0.15) is 36.8 Å². The molecule has 46 heavy (non-hydrogen) atoms. The standard InChI is InChI=1S/C35H34Cl3N3O4S/c36-27-16-18-32(19-17-27)46(44,45)41(31-15-7-12-29(38)22-31)24-34(42)40(23-26-10-6-11-28(37)20-26)33(21-25-8-2-1-3-9-25)35(43)39-30-13-4-5-14-30/h1-3,6-12,15-20,22,30,33H,4-5,13-14,21,23-24H2,(H,39,43)/t33-/m1/s1. The van der Waals surface area contributed by atoms with E-state index in [2.05, 4.69) is 5.32 Å². The maximum Gasteiger partial charge on any atom is 0.264 e. The van der Waals surface area contributed by atoms with Crippen molar-refractivity contribution in [1.82, 2.24) is 10.2 Å². The van der Waals surface area contributed by atoms with Gasteiger partial charge in [0, 0.05) is 34.1 Å². The topological polar surface area (TPSA) is 86.8 Å². The Labute approximate surface area is 285 Å². The third-order valence-electron chi connectivity index (χ3n) is 7.99. The van der Waals surface area contributed by atoms with Crippen LogP contribution in [0.25, 0.3) is 0 Å². The molecule has 240 valence electrons. The molecule has 1 saturated carbocycles. The summed E-state index contributed by atoms with van der Waals surface area (Å²) in [7, 11) is -4.27. The van der Waals surface area contributed by atoms with Crippen LogP contribution in [-0.2, 0) is 32.6 Å². The summed E-state index contributed by atoms with van der Waals surface area (Å²) in [6.07, 6.45) is 4.02. The van der Waals surface area contributed by atoms with Gasteiger partial charge in [-0.2, -0.15) is 0 Å². The van der Waals surface area contributed by atoms with Gasteiger partial charge in [0.05, 0.1) is 10.6 Å². The van der Waals surface area contributed by atoms with Crippen molar-refractivity contribution in [2.75, 3.05) is 10.8 Å². The quantitative estimate of drug-likeness (QED) is 0.166. The maximum absolute atomic E-state index is 14.6. The fourth-order valence-corrected chi connectivity index (χ4v) is 7.58. The summed E-state index contributed by atoms with van der Waals surface area (Å²) in [6, 6.07) is 27.6. The molecular formula is C35H34Cl3N3O4S. The van der Waals surface area contributed by atoms with E-state index in [4.69, 9.17) is 34.8 Å². The number of hydrogen-bond donors (Lipinski definition) is 1. The van der Waals surface area contributed by atoms with Gasteiger partial charge in [0.25, 0.3) is 10.0 Å². The van der Waals surface area contributed by atoms with Crippen LogP contribution in [0, 0.1) is 0 Å². The molecule has 0 aliphatic heterocycles.